The fourth-order valence-electron chi connectivity index (χ4n) is 1.41. The predicted molar refractivity (Wildman–Crippen MR) is 52.9 cm³/mol. The van der Waals surface area contributed by atoms with Crippen LogP contribution in [0.1, 0.15) is 0 Å². The lowest BCUT2D eigenvalue weighted by atomic mass is 10.2. The molecular weight excluding hydrogens is 184 g/mol. The highest BCUT2D eigenvalue weighted by Gasteiger charge is 2.22. The normalized spacial score (nSPS) is 15.1. The van der Waals surface area contributed by atoms with Crippen molar-refractivity contribution in [1.82, 2.24) is 5.12 Å². The molecule has 0 saturated heterocycles. The summed E-state index contributed by atoms with van der Waals surface area (Å²) in [5, 5.41) is 14.1. The van der Waals surface area contributed by atoms with Crippen LogP contribution in [-0.4, -0.2) is 24.1 Å². The highest BCUT2D eigenvalue weighted by atomic mass is 16.6. The zero-order valence-electron chi connectivity index (χ0n) is 7.89. The SMILES string of the molecule is CN1Nc2ccc([N+](=O)[O-])cc2N1C. The summed E-state index contributed by atoms with van der Waals surface area (Å²) in [6.07, 6.45) is 0. The Bertz CT molecular complexity index is 393. The molecule has 0 amide bonds. The average molecular weight is 194 g/mol. The highest BCUT2D eigenvalue weighted by Crippen LogP contribution is 2.34. The molecule has 6 heteroatoms. The molecule has 0 aromatic heterocycles. The Morgan fingerprint density at radius 3 is 2.79 bits per heavy atom. The molecule has 0 fully saturated rings. The number of rotatable bonds is 1. The Balaban J connectivity index is 2.46. The molecule has 0 saturated carbocycles. The number of nitrogens with zero attached hydrogens (tertiary/aromatic N) is 3. The lowest BCUT2D eigenvalue weighted by Gasteiger charge is -2.19. The summed E-state index contributed by atoms with van der Waals surface area (Å²) in [5.74, 6) is 0. The van der Waals surface area contributed by atoms with Gasteiger partial charge in [0.05, 0.1) is 16.3 Å². The van der Waals surface area contributed by atoms with Crippen LogP contribution in [0.5, 0.6) is 0 Å². The molecule has 0 atom stereocenters. The molecule has 1 aliphatic rings. The molecule has 0 radical (unpaired) electrons. The molecule has 0 bridgehead atoms. The van der Waals surface area contributed by atoms with Crippen LogP contribution in [0.4, 0.5) is 17.1 Å². The standard InChI is InChI=1S/C8H10N4O2/c1-10-8-5-6(12(13)14)3-4-7(8)9-11(10)2/h3-5,9H,1-2H3. The molecule has 0 unspecified atom stereocenters. The number of hydrazine groups is 2. The molecule has 74 valence electrons. The van der Waals surface area contributed by atoms with Gasteiger partial charge in [-0.15, -0.1) is 5.12 Å². The summed E-state index contributed by atoms with van der Waals surface area (Å²) >= 11 is 0. The van der Waals surface area contributed by atoms with E-state index in [2.05, 4.69) is 5.43 Å². The first kappa shape index (κ1) is 8.76. The second-order valence-corrected chi connectivity index (χ2v) is 3.12. The third-order valence-electron chi connectivity index (χ3n) is 2.27. The summed E-state index contributed by atoms with van der Waals surface area (Å²) in [5.41, 5.74) is 4.84. The predicted octanol–water partition coefficient (Wildman–Crippen LogP) is 1.22. The zero-order chi connectivity index (χ0) is 10.3. The topological polar surface area (TPSA) is 61.6 Å². The molecule has 0 spiro atoms. The molecule has 1 heterocycles. The van der Waals surface area contributed by atoms with Gasteiger partial charge in [0.1, 0.15) is 0 Å². The van der Waals surface area contributed by atoms with Crippen LogP contribution in [0.2, 0.25) is 0 Å². The Labute approximate surface area is 80.8 Å². The van der Waals surface area contributed by atoms with Gasteiger partial charge in [-0.05, 0) is 6.07 Å². The Kier molecular flexibility index (Phi) is 1.78. The fourth-order valence-corrected chi connectivity index (χ4v) is 1.41. The van der Waals surface area contributed by atoms with Gasteiger partial charge in [0.2, 0.25) is 0 Å². The smallest absolute Gasteiger partial charge is 0.271 e. The van der Waals surface area contributed by atoms with Gasteiger partial charge in [-0.25, -0.2) is 0 Å². The number of hydrogen-bond donors (Lipinski definition) is 1. The first-order valence-corrected chi connectivity index (χ1v) is 4.12. The van der Waals surface area contributed by atoms with Crippen LogP contribution in [0.3, 0.4) is 0 Å². The van der Waals surface area contributed by atoms with Crippen molar-refractivity contribution in [3.63, 3.8) is 0 Å². The van der Waals surface area contributed by atoms with E-state index in [0.717, 1.165) is 11.4 Å². The van der Waals surface area contributed by atoms with Gasteiger partial charge in [-0.1, -0.05) is 0 Å². The summed E-state index contributed by atoms with van der Waals surface area (Å²) in [7, 11) is 3.67. The average Bonchev–Trinajstić information content (AvgIpc) is 2.43. The molecule has 1 aromatic rings. The van der Waals surface area contributed by atoms with Crippen molar-refractivity contribution < 1.29 is 4.92 Å². The van der Waals surface area contributed by atoms with Gasteiger partial charge in [0.25, 0.3) is 5.69 Å². The van der Waals surface area contributed by atoms with E-state index in [1.54, 1.807) is 17.3 Å². The molecule has 1 aromatic carbocycles. The van der Waals surface area contributed by atoms with Crippen molar-refractivity contribution in [1.29, 1.82) is 0 Å². The minimum absolute atomic E-state index is 0.104. The first-order valence-electron chi connectivity index (χ1n) is 4.12. The monoisotopic (exact) mass is 194 g/mol. The zero-order valence-corrected chi connectivity index (χ0v) is 7.89. The Hall–Kier alpha value is -1.82. The van der Waals surface area contributed by atoms with E-state index in [4.69, 9.17) is 0 Å². The van der Waals surface area contributed by atoms with Crippen molar-refractivity contribution >= 4 is 17.1 Å². The molecular formula is C8H10N4O2. The van der Waals surface area contributed by atoms with Gasteiger partial charge in [-0.2, -0.15) is 0 Å². The molecule has 14 heavy (non-hydrogen) atoms. The fraction of sp³-hybridized carbons (Fsp3) is 0.250. The Morgan fingerprint density at radius 2 is 2.14 bits per heavy atom. The van der Waals surface area contributed by atoms with Crippen molar-refractivity contribution in [2.24, 2.45) is 0 Å². The number of nitrogens with one attached hydrogen (secondary N) is 1. The third-order valence-corrected chi connectivity index (χ3v) is 2.27. The lowest BCUT2D eigenvalue weighted by Crippen LogP contribution is -2.34. The number of non-ortho nitro benzene ring substituents is 1. The van der Waals surface area contributed by atoms with Crippen LogP contribution in [0, 0.1) is 10.1 Å². The van der Waals surface area contributed by atoms with Crippen molar-refractivity contribution in [3.05, 3.63) is 28.3 Å². The van der Waals surface area contributed by atoms with E-state index >= 15 is 0 Å². The third kappa shape index (κ3) is 1.16. The van der Waals surface area contributed by atoms with E-state index in [0.29, 0.717) is 0 Å². The number of nitro groups is 1. The van der Waals surface area contributed by atoms with Gasteiger partial charge < -0.3 is 0 Å². The van der Waals surface area contributed by atoms with E-state index in [-0.39, 0.29) is 5.69 Å². The van der Waals surface area contributed by atoms with Crippen molar-refractivity contribution in [2.75, 3.05) is 24.5 Å². The quantitative estimate of drug-likeness (QED) is 0.538. The minimum Gasteiger partial charge on any atom is -0.299 e. The van der Waals surface area contributed by atoms with Crippen LogP contribution >= 0.6 is 0 Å². The molecule has 1 N–H and O–H groups in total. The minimum atomic E-state index is -0.396. The number of benzene rings is 1. The van der Waals surface area contributed by atoms with Crippen molar-refractivity contribution in [3.8, 4) is 0 Å². The second kappa shape index (κ2) is 2.85. The Morgan fingerprint density at radius 1 is 1.43 bits per heavy atom. The van der Waals surface area contributed by atoms with Crippen molar-refractivity contribution in [2.45, 2.75) is 0 Å². The van der Waals surface area contributed by atoms with E-state index < -0.39 is 4.92 Å². The molecule has 1 aliphatic heterocycles. The van der Waals surface area contributed by atoms with Gasteiger partial charge in [0.15, 0.2) is 0 Å². The van der Waals surface area contributed by atoms with E-state index in [9.17, 15) is 10.1 Å². The van der Waals surface area contributed by atoms with Crippen LogP contribution in [-0.2, 0) is 0 Å². The summed E-state index contributed by atoms with van der Waals surface area (Å²) in [6.45, 7) is 0. The maximum atomic E-state index is 10.5. The number of anilines is 2. The van der Waals surface area contributed by atoms with Gasteiger partial charge >= 0.3 is 0 Å². The maximum absolute atomic E-state index is 10.5. The van der Waals surface area contributed by atoms with Crippen LogP contribution < -0.4 is 10.4 Å². The van der Waals surface area contributed by atoms with E-state index in [1.165, 1.54) is 6.07 Å². The molecule has 2 rings (SSSR count). The van der Waals surface area contributed by atoms with E-state index in [1.807, 2.05) is 19.1 Å². The molecule has 6 nitrogen and oxygen atoms in total. The van der Waals surface area contributed by atoms with Gasteiger partial charge in [-0.3, -0.25) is 20.5 Å². The van der Waals surface area contributed by atoms with Crippen LogP contribution in [0.15, 0.2) is 18.2 Å². The largest absolute Gasteiger partial charge is 0.299 e. The summed E-state index contributed by atoms with van der Waals surface area (Å²) in [6, 6.07) is 4.73. The van der Waals surface area contributed by atoms with Crippen LogP contribution in [0.25, 0.3) is 0 Å². The lowest BCUT2D eigenvalue weighted by molar-refractivity contribution is -0.384. The number of fused-ring (bicyclic) bond motifs is 1. The maximum Gasteiger partial charge on any atom is 0.271 e. The highest BCUT2D eigenvalue weighted by molar-refractivity contribution is 5.75. The summed E-state index contributed by atoms with van der Waals surface area (Å²) in [4.78, 5) is 10.1. The second-order valence-electron chi connectivity index (χ2n) is 3.12. The van der Waals surface area contributed by atoms with Gasteiger partial charge in [0, 0.05) is 26.2 Å². The number of nitro benzene ring substituents is 1. The number of hydrogen-bond acceptors (Lipinski definition) is 5. The summed E-state index contributed by atoms with van der Waals surface area (Å²) < 4.78 is 0. The molecule has 0 aliphatic carbocycles. The first-order chi connectivity index (χ1) is 6.59.